The summed E-state index contributed by atoms with van der Waals surface area (Å²) in [7, 11) is 0. The first-order valence-corrected chi connectivity index (χ1v) is 10.7. The molecule has 1 atom stereocenters. The summed E-state index contributed by atoms with van der Waals surface area (Å²) in [4.78, 5) is 50.1. The molecule has 0 radical (unpaired) electrons. The number of carboxylic acids is 1. The van der Waals surface area contributed by atoms with Crippen molar-refractivity contribution in [1.29, 1.82) is 0 Å². The van der Waals surface area contributed by atoms with Crippen LogP contribution in [0.5, 0.6) is 5.75 Å². The molecule has 1 saturated heterocycles. The van der Waals surface area contributed by atoms with E-state index in [1.807, 2.05) is 0 Å². The summed E-state index contributed by atoms with van der Waals surface area (Å²) in [6.07, 6.45) is 1.73. The lowest BCUT2D eigenvalue weighted by Crippen LogP contribution is -2.49. The molecule has 0 spiro atoms. The van der Waals surface area contributed by atoms with Crippen molar-refractivity contribution in [3.05, 3.63) is 29.1 Å². The van der Waals surface area contributed by atoms with Gasteiger partial charge in [-0.2, -0.15) is 4.39 Å². The van der Waals surface area contributed by atoms with Crippen LogP contribution in [-0.2, 0) is 19.2 Å². The molecule has 0 unspecified atom stereocenters. The molecule has 1 aromatic rings. The number of rotatable bonds is 9. The Hall–Kier alpha value is -3.11. The predicted molar refractivity (Wildman–Crippen MR) is 108 cm³/mol. The Labute approximate surface area is 188 Å². The van der Waals surface area contributed by atoms with Gasteiger partial charge in [0.25, 0.3) is 0 Å². The minimum atomic E-state index is -1.61. The smallest absolute Gasteiger partial charge is 0.305 e. The van der Waals surface area contributed by atoms with E-state index >= 15 is 0 Å². The van der Waals surface area contributed by atoms with Gasteiger partial charge in [-0.25, -0.2) is 8.78 Å². The van der Waals surface area contributed by atoms with Crippen molar-refractivity contribution < 1.29 is 42.2 Å². The third-order valence-corrected chi connectivity index (χ3v) is 5.84. The van der Waals surface area contributed by atoms with Crippen molar-refractivity contribution >= 4 is 23.6 Å². The normalized spacial score (nSPS) is 17.4. The van der Waals surface area contributed by atoms with Gasteiger partial charge in [-0.1, -0.05) is 0 Å². The molecule has 33 heavy (non-hydrogen) atoms. The van der Waals surface area contributed by atoms with Crippen LogP contribution in [0.3, 0.4) is 0 Å². The Morgan fingerprint density at radius 3 is 2.30 bits per heavy atom. The molecule has 1 heterocycles. The van der Waals surface area contributed by atoms with E-state index in [4.69, 9.17) is 9.84 Å². The van der Waals surface area contributed by atoms with Crippen molar-refractivity contribution in [3.63, 3.8) is 0 Å². The van der Waals surface area contributed by atoms with Gasteiger partial charge in [0, 0.05) is 24.9 Å². The molecular weight excluding hydrogens is 445 g/mol. The first-order valence-electron chi connectivity index (χ1n) is 10.7. The summed E-state index contributed by atoms with van der Waals surface area (Å²) in [5.74, 6) is -8.48. The van der Waals surface area contributed by atoms with E-state index in [2.05, 4.69) is 5.32 Å². The second-order valence-electron chi connectivity index (χ2n) is 8.42. The SMILES string of the molecule is Cc1cc(F)c(F)c(OCC(=O)[C@H](CC(=O)O)NC(=O)C2CCN(C(=O)C3CC3)CC2)c1F. The summed E-state index contributed by atoms with van der Waals surface area (Å²) >= 11 is 0. The van der Waals surface area contributed by atoms with E-state index in [0.29, 0.717) is 32.0 Å². The largest absolute Gasteiger partial charge is 0.481 e. The van der Waals surface area contributed by atoms with Crippen LogP contribution in [0.15, 0.2) is 6.07 Å². The Bertz CT molecular complexity index is 932. The number of piperidine rings is 1. The first kappa shape index (κ1) is 24.5. The number of likely N-dealkylation sites (tertiary alicyclic amines) is 1. The molecule has 1 aliphatic heterocycles. The lowest BCUT2D eigenvalue weighted by Gasteiger charge is -2.32. The maximum atomic E-state index is 14.1. The standard InChI is InChI=1S/C22H25F3N2O6/c1-11-8-14(23)19(25)20(18(11)24)33-10-16(28)15(9-17(29)30)26-21(31)12-4-6-27(7-5-12)22(32)13-2-3-13/h8,12-13,15H,2-7,9-10H2,1H3,(H,26,31)(H,29,30)/t15-/m0/s1. The number of ketones is 1. The number of Topliss-reactive ketones (excluding diaryl/α,β-unsaturated/α-hetero) is 1. The fourth-order valence-electron chi connectivity index (χ4n) is 3.73. The molecule has 2 amide bonds. The van der Waals surface area contributed by atoms with Gasteiger partial charge in [-0.15, -0.1) is 0 Å². The third-order valence-electron chi connectivity index (χ3n) is 5.84. The Morgan fingerprint density at radius 1 is 1.09 bits per heavy atom. The lowest BCUT2D eigenvalue weighted by atomic mass is 9.94. The zero-order chi connectivity index (χ0) is 24.3. The van der Waals surface area contributed by atoms with Crippen LogP contribution >= 0.6 is 0 Å². The molecule has 11 heteroatoms. The summed E-state index contributed by atoms with van der Waals surface area (Å²) in [5, 5.41) is 11.5. The number of hydrogen-bond donors (Lipinski definition) is 2. The average molecular weight is 470 g/mol. The molecule has 8 nitrogen and oxygen atoms in total. The fraction of sp³-hybridized carbons (Fsp3) is 0.545. The highest BCUT2D eigenvalue weighted by molar-refractivity contribution is 5.93. The van der Waals surface area contributed by atoms with Crippen molar-refractivity contribution in [2.45, 2.75) is 45.1 Å². The van der Waals surface area contributed by atoms with Crippen molar-refractivity contribution in [3.8, 4) is 5.75 Å². The number of amides is 2. The molecule has 1 aromatic carbocycles. The second-order valence-corrected chi connectivity index (χ2v) is 8.42. The molecule has 2 N–H and O–H groups in total. The van der Waals surface area contributed by atoms with Crippen molar-refractivity contribution in [1.82, 2.24) is 10.2 Å². The predicted octanol–water partition coefficient (Wildman–Crippen LogP) is 1.97. The molecule has 3 rings (SSSR count). The van der Waals surface area contributed by atoms with Crippen LogP contribution in [0.25, 0.3) is 0 Å². The molecule has 0 bridgehead atoms. The van der Waals surface area contributed by atoms with Gasteiger partial charge in [0.05, 0.1) is 6.42 Å². The summed E-state index contributed by atoms with van der Waals surface area (Å²) in [6, 6.07) is -0.863. The van der Waals surface area contributed by atoms with Gasteiger partial charge in [0.1, 0.15) is 12.6 Å². The van der Waals surface area contributed by atoms with Gasteiger partial charge in [0.2, 0.25) is 17.6 Å². The summed E-state index contributed by atoms with van der Waals surface area (Å²) in [6.45, 7) is 1.00. The number of carboxylic acid groups (broad SMARTS) is 1. The number of nitrogens with one attached hydrogen (secondary N) is 1. The molecule has 1 aliphatic carbocycles. The van der Waals surface area contributed by atoms with E-state index in [9.17, 15) is 32.3 Å². The van der Waals surface area contributed by atoms with Crippen LogP contribution in [0.1, 0.15) is 37.7 Å². The lowest BCUT2D eigenvalue weighted by molar-refractivity contribution is -0.141. The highest BCUT2D eigenvalue weighted by Crippen LogP contribution is 2.32. The van der Waals surface area contributed by atoms with Crippen molar-refractivity contribution in [2.24, 2.45) is 11.8 Å². The number of halogens is 3. The monoisotopic (exact) mass is 470 g/mol. The maximum Gasteiger partial charge on any atom is 0.305 e. The fourth-order valence-corrected chi connectivity index (χ4v) is 3.73. The van der Waals surface area contributed by atoms with Crippen molar-refractivity contribution in [2.75, 3.05) is 19.7 Å². The second kappa shape index (κ2) is 10.2. The highest BCUT2D eigenvalue weighted by atomic mass is 19.2. The van der Waals surface area contributed by atoms with E-state index in [0.717, 1.165) is 12.8 Å². The number of aliphatic carboxylic acids is 1. The number of nitrogens with zero attached hydrogens (tertiary/aromatic N) is 1. The minimum Gasteiger partial charge on any atom is -0.481 e. The van der Waals surface area contributed by atoms with Crippen LogP contribution < -0.4 is 10.1 Å². The van der Waals surface area contributed by atoms with Crippen LogP contribution in [0.4, 0.5) is 13.2 Å². The highest BCUT2D eigenvalue weighted by Gasteiger charge is 2.36. The average Bonchev–Trinajstić information content (AvgIpc) is 3.62. The van der Waals surface area contributed by atoms with E-state index in [1.54, 1.807) is 4.90 Å². The zero-order valence-electron chi connectivity index (χ0n) is 18.0. The number of benzene rings is 1. The van der Waals surface area contributed by atoms with Crippen LogP contribution in [0.2, 0.25) is 0 Å². The molecular formula is C22H25F3N2O6. The van der Waals surface area contributed by atoms with Crippen LogP contribution in [-0.4, -0.2) is 59.3 Å². The minimum absolute atomic E-state index is 0.0736. The van der Waals surface area contributed by atoms with E-state index < -0.39 is 65.8 Å². The quantitative estimate of drug-likeness (QED) is 0.534. The molecule has 180 valence electrons. The number of carbonyl (C=O) groups is 4. The zero-order valence-corrected chi connectivity index (χ0v) is 18.0. The number of carbonyl (C=O) groups excluding carboxylic acids is 3. The molecule has 2 fully saturated rings. The molecule has 2 aliphatic rings. The first-order chi connectivity index (χ1) is 15.6. The van der Waals surface area contributed by atoms with Crippen LogP contribution in [0, 0.1) is 36.2 Å². The summed E-state index contributed by atoms with van der Waals surface area (Å²) in [5.41, 5.74) is -0.238. The van der Waals surface area contributed by atoms with E-state index in [1.165, 1.54) is 6.92 Å². The Balaban J connectivity index is 1.59. The third kappa shape index (κ3) is 6.02. The topological polar surface area (TPSA) is 113 Å². The number of ether oxygens (including phenoxy) is 1. The Morgan fingerprint density at radius 2 is 1.73 bits per heavy atom. The van der Waals surface area contributed by atoms with Gasteiger partial charge in [0.15, 0.2) is 23.2 Å². The number of hydrogen-bond acceptors (Lipinski definition) is 5. The molecule has 0 aromatic heterocycles. The molecule has 1 saturated carbocycles. The van der Waals surface area contributed by atoms with E-state index in [-0.39, 0.29) is 17.4 Å². The number of aryl methyl sites for hydroxylation is 1. The Kier molecular flexibility index (Phi) is 7.60. The van der Waals surface area contributed by atoms with Gasteiger partial charge < -0.3 is 20.1 Å². The van der Waals surface area contributed by atoms with Gasteiger partial charge in [-0.3, -0.25) is 19.2 Å². The summed E-state index contributed by atoms with van der Waals surface area (Å²) < 4.78 is 46.3. The van der Waals surface area contributed by atoms with Gasteiger partial charge in [-0.05, 0) is 44.2 Å². The van der Waals surface area contributed by atoms with Gasteiger partial charge >= 0.3 is 5.97 Å². The maximum absolute atomic E-state index is 14.1.